The van der Waals surface area contributed by atoms with Gasteiger partial charge in [-0.25, -0.2) is 18.3 Å². The Balaban J connectivity index is 0.00000208. The van der Waals surface area contributed by atoms with Crippen molar-refractivity contribution in [3.63, 3.8) is 0 Å². The summed E-state index contributed by atoms with van der Waals surface area (Å²) in [6, 6.07) is 19.5. The van der Waals surface area contributed by atoms with Crippen LogP contribution in [0.4, 0.5) is 0 Å². The highest BCUT2D eigenvalue weighted by Crippen LogP contribution is 2.33. The van der Waals surface area contributed by atoms with E-state index in [-0.39, 0.29) is 30.1 Å². The molecular weight excluding hydrogens is 434 g/mol. The van der Waals surface area contributed by atoms with Crippen LogP contribution in [-0.2, 0) is 21.7 Å². The molecule has 0 aliphatic heterocycles. The van der Waals surface area contributed by atoms with E-state index >= 15 is 0 Å². The molecular formula is C18H18IN2O2P. The number of hydrogen-bond donors (Lipinski definition) is 0. The predicted molar refractivity (Wildman–Crippen MR) is 87.8 cm³/mol. The molecule has 6 heteroatoms. The third-order valence-electron chi connectivity index (χ3n) is 4.07. The smallest absolute Gasteiger partial charge is 0.321 e. The SMILES string of the molecule is Cn1cc[n+](C(CP(=O)=O)(c2ccccc2)c2ccccc2)c1.[I-]. The molecule has 0 atom stereocenters. The maximum atomic E-state index is 11.8. The van der Waals surface area contributed by atoms with Crippen molar-refractivity contribution in [2.45, 2.75) is 5.54 Å². The largest absolute Gasteiger partial charge is 1.00 e. The van der Waals surface area contributed by atoms with Crippen LogP contribution >= 0.6 is 7.68 Å². The molecule has 0 fully saturated rings. The topological polar surface area (TPSA) is 43.0 Å². The number of halogens is 1. The first kappa shape index (κ1) is 18.6. The number of nitrogens with zero attached hydrogens (tertiary/aromatic N) is 2. The summed E-state index contributed by atoms with van der Waals surface area (Å²) in [6.45, 7) is 0. The van der Waals surface area contributed by atoms with E-state index in [4.69, 9.17) is 0 Å². The van der Waals surface area contributed by atoms with Crippen LogP contribution in [0.3, 0.4) is 0 Å². The zero-order valence-electron chi connectivity index (χ0n) is 13.2. The number of aromatic nitrogens is 2. The van der Waals surface area contributed by atoms with Crippen molar-refractivity contribution in [2.24, 2.45) is 7.05 Å². The van der Waals surface area contributed by atoms with Gasteiger partial charge in [-0.05, 0) is 0 Å². The van der Waals surface area contributed by atoms with E-state index < -0.39 is 13.2 Å². The lowest BCUT2D eigenvalue weighted by atomic mass is 9.84. The van der Waals surface area contributed by atoms with Crippen LogP contribution in [0, 0.1) is 0 Å². The molecule has 0 N–H and O–H groups in total. The van der Waals surface area contributed by atoms with E-state index in [1.165, 1.54) is 0 Å². The molecule has 2 aromatic carbocycles. The second-order valence-electron chi connectivity index (χ2n) is 5.57. The fourth-order valence-electron chi connectivity index (χ4n) is 3.02. The number of imidazole rings is 1. The van der Waals surface area contributed by atoms with Crippen LogP contribution in [0.15, 0.2) is 79.4 Å². The van der Waals surface area contributed by atoms with Gasteiger partial charge in [0.05, 0.1) is 7.05 Å². The van der Waals surface area contributed by atoms with Gasteiger partial charge in [0.15, 0.2) is 5.54 Å². The molecule has 0 spiro atoms. The average molecular weight is 452 g/mol. The van der Waals surface area contributed by atoms with Gasteiger partial charge in [-0.3, -0.25) is 0 Å². The van der Waals surface area contributed by atoms with Crippen molar-refractivity contribution >= 4 is 7.68 Å². The first-order chi connectivity index (χ1) is 11.1. The number of rotatable bonds is 5. The Labute approximate surface area is 159 Å². The van der Waals surface area contributed by atoms with Gasteiger partial charge in [0.1, 0.15) is 18.6 Å². The van der Waals surface area contributed by atoms with E-state index in [1.807, 2.05) is 95.6 Å². The lowest BCUT2D eigenvalue weighted by Gasteiger charge is -2.29. The van der Waals surface area contributed by atoms with E-state index in [0.29, 0.717) is 0 Å². The third kappa shape index (κ3) is 3.52. The molecule has 1 heterocycles. The summed E-state index contributed by atoms with van der Waals surface area (Å²) in [5, 5.41) is 0. The first-order valence-corrected chi connectivity index (χ1v) is 8.76. The number of hydrogen-bond acceptors (Lipinski definition) is 2. The molecule has 0 aliphatic carbocycles. The third-order valence-corrected chi connectivity index (χ3v) is 4.79. The summed E-state index contributed by atoms with van der Waals surface area (Å²) in [4.78, 5) is 0. The minimum absolute atomic E-state index is 0. The van der Waals surface area contributed by atoms with Crippen LogP contribution in [-0.4, -0.2) is 10.7 Å². The molecule has 0 bridgehead atoms. The minimum Gasteiger partial charge on any atom is -1.00 e. The molecule has 0 radical (unpaired) electrons. The summed E-state index contributed by atoms with van der Waals surface area (Å²) in [5.41, 5.74) is 1.11. The fraction of sp³-hybridized carbons (Fsp3) is 0.167. The molecule has 3 rings (SSSR count). The predicted octanol–water partition coefficient (Wildman–Crippen LogP) is 0.281. The highest BCUT2D eigenvalue weighted by molar-refractivity contribution is 7.30. The Morgan fingerprint density at radius 3 is 1.83 bits per heavy atom. The molecule has 124 valence electrons. The van der Waals surface area contributed by atoms with Gasteiger partial charge >= 0.3 is 7.68 Å². The van der Waals surface area contributed by atoms with Gasteiger partial charge in [-0.2, -0.15) is 0 Å². The lowest BCUT2D eigenvalue weighted by molar-refractivity contribution is -0.739. The minimum atomic E-state index is -2.58. The monoisotopic (exact) mass is 452 g/mol. The van der Waals surface area contributed by atoms with Crippen molar-refractivity contribution in [1.82, 2.24) is 4.57 Å². The standard InChI is InChI=1S/C18H18N2O2P.HI/c1-19-12-13-20(15-19)18(14-23(21)22,16-8-4-2-5-9-16)17-10-6-3-7-11-17;/h2-13,15H,14H2,1H3;1H/q+1;/p-1. The fourth-order valence-corrected chi connectivity index (χ4v) is 3.92. The van der Waals surface area contributed by atoms with Crippen molar-refractivity contribution in [2.75, 3.05) is 6.16 Å². The zero-order valence-corrected chi connectivity index (χ0v) is 16.3. The van der Waals surface area contributed by atoms with Gasteiger partial charge in [0, 0.05) is 11.1 Å². The summed E-state index contributed by atoms with van der Waals surface area (Å²) < 4.78 is 27.4. The number of aryl methyl sites for hydroxylation is 1. The van der Waals surface area contributed by atoms with E-state index in [9.17, 15) is 9.13 Å². The van der Waals surface area contributed by atoms with Crippen LogP contribution in [0.2, 0.25) is 0 Å². The lowest BCUT2D eigenvalue weighted by Crippen LogP contribution is -3.00. The molecule has 4 nitrogen and oxygen atoms in total. The second-order valence-corrected chi connectivity index (χ2v) is 6.55. The Kier molecular flexibility index (Phi) is 6.13. The Hall–Kier alpha value is -1.72. The van der Waals surface area contributed by atoms with Crippen LogP contribution in [0.1, 0.15) is 11.1 Å². The molecule has 3 aromatic rings. The number of benzene rings is 2. The molecule has 0 saturated heterocycles. The van der Waals surface area contributed by atoms with E-state index in [2.05, 4.69) is 0 Å². The van der Waals surface area contributed by atoms with Gasteiger partial charge in [-0.15, -0.1) is 0 Å². The van der Waals surface area contributed by atoms with Crippen molar-refractivity contribution < 1.29 is 37.7 Å². The quantitative estimate of drug-likeness (QED) is 0.317. The second kappa shape index (κ2) is 7.90. The normalized spacial score (nSPS) is 10.9. The summed E-state index contributed by atoms with van der Waals surface area (Å²) >= 11 is 0. The molecule has 0 saturated carbocycles. The Bertz CT molecular complexity index is 813. The maximum absolute atomic E-state index is 11.8. The van der Waals surface area contributed by atoms with Gasteiger partial charge in [-0.1, -0.05) is 60.7 Å². The summed E-state index contributed by atoms with van der Waals surface area (Å²) in [7, 11) is -0.655. The van der Waals surface area contributed by atoms with Crippen molar-refractivity contribution in [1.29, 1.82) is 0 Å². The summed E-state index contributed by atoms with van der Waals surface area (Å²) in [5.74, 6) is 0. The van der Waals surface area contributed by atoms with Crippen molar-refractivity contribution in [3.8, 4) is 0 Å². The molecule has 1 aromatic heterocycles. The van der Waals surface area contributed by atoms with Crippen LogP contribution < -0.4 is 28.5 Å². The maximum Gasteiger partial charge on any atom is 0.321 e. The van der Waals surface area contributed by atoms with Crippen molar-refractivity contribution in [3.05, 3.63) is 90.5 Å². The molecule has 0 amide bonds. The van der Waals surface area contributed by atoms with Gasteiger partial charge < -0.3 is 24.0 Å². The zero-order chi connectivity index (χ0) is 16.3. The van der Waals surface area contributed by atoms with Gasteiger partial charge in [0.2, 0.25) is 6.33 Å². The Morgan fingerprint density at radius 2 is 1.46 bits per heavy atom. The molecule has 0 aliphatic rings. The van der Waals surface area contributed by atoms with Crippen LogP contribution in [0.25, 0.3) is 0 Å². The van der Waals surface area contributed by atoms with E-state index in [0.717, 1.165) is 11.1 Å². The summed E-state index contributed by atoms with van der Waals surface area (Å²) in [6.07, 6.45) is 5.75. The average Bonchev–Trinajstić information content (AvgIpc) is 3.01. The van der Waals surface area contributed by atoms with Gasteiger partial charge in [0.25, 0.3) is 0 Å². The van der Waals surface area contributed by atoms with E-state index in [1.54, 1.807) is 0 Å². The molecule has 0 unspecified atom stereocenters. The highest BCUT2D eigenvalue weighted by atomic mass is 127. The van der Waals surface area contributed by atoms with Crippen LogP contribution in [0.5, 0.6) is 0 Å². The Morgan fingerprint density at radius 1 is 0.958 bits per heavy atom. The first-order valence-electron chi connectivity index (χ1n) is 7.39. The highest BCUT2D eigenvalue weighted by Gasteiger charge is 2.42. The molecule has 24 heavy (non-hydrogen) atoms.